The van der Waals surface area contributed by atoms with Gasteiger partial charge < -0.3 is 4.98 Å². The van der Waals surface area contributed by atoms with Gasteiger partial charge in [0.2, 0.25) is 0 Å². The van der Waals surface area contributed by atoms with Crippen LogP contribution in [0.1, 0.15) is 49.7 Å². The SMILES string of the molecule is CC(C)(c1ccccc1)c1nc(C2CC2)c(Br)c(=O)[nH]1. The monoisotopic (exact) mass is 332 g/mol. The second-order valence-electron chi connectivity index (χ2n) is 5.88. The van der Waals surface area contributed by atoms with Gasteiger partial charge in [-0.2, -0.15) is 0 Å². The molecule has 104 valence electrons. The van der Waals surface area contributed by atoms with E-state index in [1.54, 1.807) is 0 Å². The normalized spacial score (nSPS) is 15.3. The lowest BCUT2D eigenvalue weighted by atomic mass is 9.83. The van der Waals surface area contributed by atoms with E-state index in [-0.39, 0.29) is 11.0 Å². The van der Waals surface area contributed by atoms with Crippen molar-refractivity contribution < 1.29 is 0 Å². The standard InChI is InChI=1S/C16H17BrN2O/c1-16(2,11-6-4-3-5-7-11)15-18-13(10-8-9-10)12(17)14(20)19-15/h3-7,10H,8-9H2,1-2H3,(H,18,19,20). The minimum absolute atomic E-state index is 0.0825. The maximum atomic E-state index is 12.1. The Kier molecular flexibility index (Phi) is 3.28. The molecule has 1 aliphatic carbocycles. The molecular formula is C16H17BrN2O. The van der Waals surface area contributed by atoms with Gasteiger partial charge in [-0.3, -0.25) is 4.79 Å². The number of aromatic amines is 1. The third kappa shape index (κ3) is 2.33. The van der Waals surface area contributed by atoms with E-state index in [1.165, 1.54) is 0 Å². The molecule has 20 heavy (non-hydrogen) atoms. The maximum absolute atomic E-state index is 12.1. The first kappa shape index (κ1) is 13.6. The highest BCUT2D eigenvalue weighted by atomic mass is 79.9. The summed E-state index contributed by atoms with van der Waals surface area (Å²) in [5, 5.41) is 0. The predicted octanol–water partition coefficient (Wildman–Crippen LogP) is 3.74. The van der Waals surface area contributed by atoms with Crippen LogP contribution in [-0.4, -0.2) is 9.97 Å². The third-order valence-corrected chi connectivity index (χ3v) is 4.71. The van der Waals surface area contributed by atoms with Crippen LogP contribution in [0.25, 0.3) is 0 Å². The molecule has 0 bridgehead atoms. The highest BCUT2D eigenvalue weighted by Gasteiger charge is 2.32. The number of aromatic nitrogens is 2. The first-order valence-corrected chi connectivity index (χ1v) is 7.65. The van der Waals surface area contributed by atoms with Crippen LogP contribution in [0, 0.1) is 0 Å². The summed E-state index contributed by atoms with van der Waals surface area (Å²) in [7, 11) is 0. The van der Waals surface area contributed by atoms with Gasteiger partial charge in [-0.15, -0.1) is 0 Å². The van der Waals surface area contributed by atoms with Gasteiger partial charge in [-0.05, 0) is 48.2 Å². The lowest BCUT2D eigenvalue weighted by Crippen LogP contribution is -2.27. The minimum Gasteiger partial charge on any atom is -0.309 e. The van der Waals surface area contributed by atoms with Crippen molar-refractivity contribution in [2.75, 3.05) is 0 Å². The van der Waals surface area contributed by atoms with Crippen LogP contribution in [0.2, 0.25) is 0 Å². The molecule has 1 aromatic carbocycles. The Labute approximate surface area is 126 Å². The zero-order valence-corrected chi connectivity index (χ0v) is 13.2. The predicted molar refractivity (Wildman–Crippen MR) is 83.1 cm³/mol. The van der Waals surface area contributed by atoms with Gasteiger partial charge in [0.15, 0.2) is 0 Å². The van der Waals surface area contributed by atoms with Crippen molar-refractivity contribution in [2.24, 2.45) is 0 Å². The van der Waals surface area contributed by atoms with Crippen LogP contribution in [0.3, 0.4) is 0 Å². The second kappa shape index (κ2) is 4.85. The molecule has 0 radical (unpaired) electrons. The molecule has 2 aromatic rings. The van der Waals surface area contributed by atoms with Crippen LogP contribution < -0.4 is 5.56 Å². The van der Waals surface area contributed by atoms with E-state index < -0.39 is 0 Å². The van der Waals surface area contributed by atoms with Crippen LogP contribution in [0.5, 0.6) is 0 Å². The lowest BCUT2D eigenvalue weighted by Gasteiger charge is -2.24. The molecule has 0 saturated heterocycles. The summed E-state index contributed by atoms with van der Waals surface area (Å²) in [5.74, 6) is 1.18. The molecule has 1 N–H and O–H groups in total. The molecule has 0 aliphatic heterocycles. The maximum Gasteiger partial charge on any atom is 0.265 e. The van der Waals surface area contributed by atoms with Crippen molar-refractivity contribution in [3.05, 3.63) is 62.2 Å². The van der Waals surface area contributed by atoms with Crippen molar-refractivity contribution in [3.63, 3.8) is 0 Å². The molecule has 0 unspecified atom stereocenters. The van der Waals surface area contributed by atoms with Gasteiger partial charge in [0.05, 0.1) is 5.69 Å². The van der Waals surface area contributed by atoms with Gasteiger partial charge in [-0.25, -0.2) is 4.98 Å². The molecule has 3 rings (SSSR count). The van der Waals surface area contributed by atoms with E-state index in [1.807, 2.05) is 18.2 Å². The van der Waals surface area contributed by atoms with Crippen molar-refractivity contribution in [1.82, 2.24) is 9.97 Å². The zero-order valence-electron chi connectivity index (χ0n) is 11.6. The molecule has 4 heteroatoms. The molecule has 0 atom stereocenters. The fourth-order valence-corrected chi connectivity index (χ4v) is 2.90. The summed E-state index contributed by atoms with van der Waals surface area (Å²) in [6.07, 6.45) is 2.25. The number of nitrogens with one attached hydrogen (secondary N) is 1. The van der Waals surface area contributed by atoms with E-state index in [4.69, 9.17) is 4.98 Å². The fourth-order valence-electron chi connectivity index (χ4n) is 2.39. The highest BCUT2D eigenvalue weighted by molar-refractivity contribution is 9.10. The Balaban J connectivity index is 2.12. The average molecular weight is 333 g/mol. The minimum atomic E-state index is -0.315. The van der Waals surface area contributed by atoms with E-state index in [0.717, 1.165) is 29.9 Å². The number of benzene rings is 1. The van der Waals surface area contributed by atoms with Crippen LogP contribution in [0.15, 0.2) is 39.6 Å². The second-order valence-corrected chi connectivity index (χ2v) is 6.67. The van der Waals surface area contributed by atoms with Crippen molar-refractivity contribution >= 4 is 15.9 Å². The molecule has 1 fully saturated rings. The molecule has 0 spiro atoms. The zero-order chi connectivity index (χ0) is 14.3. The Morgan fingerprint density at radius 3 is 2.50 bits per heavy atom. The number of hydrogen-bond acceptors (Lipinski definition) is 2. The topological polar surface area (TPSA) is 45.8 Å². The summed E-state index contributed by atoms with van der Waals surface area (Å²) in [4.78, 5) is 19.8. The average Bonchev–Trinajstić information content (AvgIpc) is 3.27. The number of H-pyrrole nitrogens is 1. The fraction of sp³-hybridized carbons (Fsp3) is 0.375. The number of hydrogen-bond donors (Lipinski definition) is 1. The Hall–Kier alpha value is -1.42. The smallest absolute Gasteiger partial charge is 0.265 e. The highest BCUT2D eigenvalue weighted by Crippen LogP contribution is 2.42. The summed E-state index contributed by atoms with van der Waals surface area (Å²) < 4.78 is 0.590. The number of nitrogens with zero attached hydrogens (tertiary/aromatic N) is 1. The van der Waals surface area contributed by atoms with E-state index in [9.17, 15) is 4.79 Å². The van der Waals surface area contributed by atoms with Crippen LogP contribution in [0.4, 0.5) is 0 Å². The summed E-state index contributed by atoms with van der Waals surface area (Å²) in [5.41, 5.74) is 1.66. The summed E-state index contributed by atoms with van der Waals surface area (Å²) in [6, 6.07) is 10.1. The number of rotatable bonds is 3. The Morgan fingerprint density at radius 2 is 1.90 bits per heavy atom. The Morgan fingerprint density at radius 1 is 1.25 bits per heavy atom. The molecule has 1 aromatic heterocycles. The Bertz CT molecular complexity index is 687. The lowest BCUT2D eigenvalue weighted by molar-refractivity contribution is 0.580. The molecule has 3 nitrogen and oxygen atoms in total. The third-order valence-electron chi connectivity index (χ3n) is 3.94. The first-order chi connectivity index (χ1) is 9.50. The van der Waals surface area contributed by atoms with Crippen LogP contribution >= 0.6 is 15.9 Å². The van der Waals surface area contributed by atoms with Crippen molar-refractivity contribution in [3.8, 4) is 0 Å². The van der Waals surface area contributed by atoms with E-state index in [2.05, 4.69) is 46.9 Å². The largest absolute Gasteiger partial charge is 0.309 e. The van der Waals surface area contributed by atoms with Gasteiger partial charge in [0, 0.05) is 11.3 Å². The van der Waals surface area contributed by atoms with E-state index >= 15 is 0 Å². The first-order valence-electron chi connectivity index (χ1n) is 6.86. The van der Waals surface area contributed by atoms with Crippen molar-refractivity contribution in [1.29, 1.82) is 0 Å². The summed E-state index contributed by atoms with van der Waals surface area (Å²) in [6.45, 7) is 4.18. The van der Waals surface area contributed by atoms with Crippen molar-refractivity contribution in [2.45, 2.75) is 38.0 Å². The quantitative estimate of drug-likeness (QED) is 0.930. The van der Waals surface area contributed by atoms with Gasteiger partial charge in [0.1, 0.15) is 10.3 Å². The molecule has 1 saturated carbocycles. The summed E-state index contributed by atoms with van der Waals surface area (Å²) >= 11 is 3.37. The van der Waals surface area contributed by atoms with Gasteiger partial charge >= 0.3 is 0 Å². The van der Waals surface area contributed by atoms with Crippen LogP contribution in [-0.2, 0) is 5.41 Å². The molecule has 0 amide bonds. The number of halogens is 1. The molecule has 1 aliphatic rings. The molecular weight excluding hydrogens is 316 g/mol. The molecule has 1 heterocycles. The van der Waals surface area contributed by atoms with Gasteiger partial charge in [-0.1, -0.05) is 30.3 Å². The van der Waals surface area contributed by atoms with E-state index in [0.29, 0.717) is 10.4 Å². The van der Waals surface area contributed by atoms with Gasteiger partial charge in [0.25, 0.3) is 5.56 Å².